The number of aromatic hydroxyl groups is 8. The summed E-state index contributed by atoms with van der Waals surface area (Å²) in [6.45, 7) is 0. The molecule has 0 fully saturated rings. The lowest BCUT2D eigenvalue weighted by atomic mass is 9.74. The molecule has 0 saturated heterocycles. The molecule has 8 aromatic rings. The average Bonchev–Trinajstić information content (AvgIpc) is 4.10. The van der Waals surface area contributed by atoms with Crippen molar-refractivity contribution in [2.24, 2.45) is 0 Å². The maximum atomic E-state index is 11.8. The van der Waals surface area contributed by atoms with Crippen LogP contribution in [0.25, 0.3) is 0 Å². The molecule has 4 aliphatic heterocycles. The van der Waals surface area contributed by atoms with Crippen molar-refractivity contribution in [3.63, 3.8) is 0 Å². The second-order valence-electron chi connectivity index (χ2n) is 18.2. The van der Waals surface area contributed by atoms with E-state index in [1.807, 2.05) is 18.2 Å². The summed E-state index contributed by atoms with van der Waals surface area (Å²) in [5, 5.41) is 87.5. The summed E-state index contributed by atoms with van der Waals surface area (Å²) in [5.41, 5.74) is 8.46. The fraction of sp³-hybridized carbons (Fsp3) is 0.143. The number of fused-ring (bicyclic) bond motifs is 5. The Balaban J connectivity index is 1.17. The number of ether oxygens (including phenoxy) is 4. The van der Waals surface area contributed by atoms with Crippen LogP contribution in [0, 0.1) is 0 Å². The van der Waals surface area contributed by atoms with Gasteiger partial charge in [0.05, 0.1) is 23.7 Å². The normalized spacial score (nSPS) is 23.1. The Bertz CT molecular complexity index is 3350. The summed E-state index contributed by atoms with van der Waals surface area (Å²) in [4.78, 5) is 0. The lowest BCUT2D eigenvalue weighted by molar-refractivity contribution is 0.213. The molecule has 8 atom stereocenters. The summed E-state index contributed by atoms with van der Waals surface area (Å²) in [5.74, 6) is -1.04. The maximum Gasteiger partial charge on any atom is 0.135 e. The molecule has 336 valence electrons. The van der Waals surface area contributed by atoms with E-state index in [0.717, 1.165) is 33.4 Å². The number of rotatable bonds is 5. The molecule has 0 bridgehead atoms. The van der Waals surface area contributed by atoms with Gasteiger partial charge >= 0.3 is 0 Å². The highest BCUT2D eigenvalue weighted by Crippen LogP contribution is 2.69. The second kappa shape index (κ2) is 14.4. The van der Waals surface area contributed by atoms with Crippen molar-refractivity contribution >= 4 is 0 Å². The van der Waals surface area contributed by atoms with Gasteiger partial charge in [0.2, 0.25) is 0 Å². The molecule has 0 unspecified atom stereocenters. The summed E-state index contributed by atoms with van der Waals surface area (Å²) in [7, 11) is 0. The van der Waals surface area contributed by atoms with Crippen LogP contribution >= 0.6 is 0 Å². The quantitative estimate of drug-likeness (QED) is 0.0814. The molecular formula is C56H40O12. The zero-order valence-corrected chi connectivity index (χ0v) is 35.7. The van der Waals surface area contributed by atoms with E-state index in [4.69, 9.17) is 18.9 Å². The number of benzene rings is 8. The summed E-state index contributed by atoms with van der Waals surface area (Å²) in [6, 6.07) is 40.2. The van der Waals surface area contributed by atoms with Crippen LogP contribution in [0.5, 0.6) is 69.0 Å². The van der Waals surface area contributed by atoms with Gasteiger partial charge in [-0.2, -0.15) is 0 Å². The summed E-state index contributed by atoms with van der Waals surface area (Å²) >= 11 is 0. The molecule has 0 spiro atoms. The Kier molecular flexibility index (Phi) is 8.42. The largest absolute Gasteiger partial charge is 0.508 e. The molecule has 4 heterocycles. The first kappa shape index (κ1) is 39.7. The predicted octanol–water partition coefficient (Wildman–Crippen LogP) is 10.7. The van der Waals surface area contributed by atoms with Gasteiger partial charge in [-0.05, 0) is 123 Å². The molecule has 1 aliphatic carbocycles. The Morgan fingerprint density at radius 2 is 0.574 bits per heavy atom. The highest BCUT2D eigenvalue weighted by molar-refractivity contribution is 5.73. The monoisotopic (exact) mass is 904 g/mol. The van der Waals surface area contributed by atoms with Gasteiger partial charge in [0.1, 0.15) is 93.4 Å². The summed E-state index contributed by atoms with van der Waals surface area (Å²) < 4.78 is 28.6. The molecule has 8 aromatic carbocycles. The highest BCUT2D eigenvalue weighted by atomic mass is 16.5. The first-order valence-corrected chi connectivity index (χ1v) is 22.2. The molecule has 68 heavy (non-hydrogen) atoms. The molecule has 12 heteroatoms. The lowest BCUT2D eigenvalue weighted by Crippen LogP contribution is -2.16. The predicted molar refractivity (Wildman–Crippen MR) is 246 cm³/mol. The molecule has 0 aromatic heterocycles. The number of phenolic OH excluding ortho intramolecular Hbond substituents is 8. The molecule has 0 saturated carbocycles. The third kappa shape index (κ3) is 5.93. The van der Waals surface area contributed by atoms with Crippen LogP contribution in [0.4, 0.5) is 0 Å². The Hall–Kier alpha value is -8.64. The van der Waals surface area contributed by atoms with Crippen molar-refractivity contribution < 1.29 is 59.8 Å². The van der Waals surface area contributed by atoms with Gasteiger partial charge in [0, 0.05) is 40.5 Å². The SMILES string of the molecule is Oc1ccc([C@H]2Oc3cc(O)cc4c3[C@H]2c2cc3c(c5c2[C@H](c2cc(O)cc6c2[C@@H]4[C@H](c2ccc(O)cc2)O6)[C@H](c2ccc(O)cc2)O5)[C@H](c2cc(O)cc(O)c2)[C@@H](c2ccc(O)cc2)O3)cc1. The Morgan fingerprint density at radius 3 is 0.985 bits per heavy atom. The number of hydrogen-bond acceptors (Lipinski definition) is 12. The summed E-state index contributed by atoms with van der Waals surface area (Å²) in [6.07, 6.45) is -3.01. The third-order valence-electron chi connectivity index (χ3n) is 14.3. The standard InChI is InChI=1S/C56H40O12/c57-30-9-1-25(2-10-30)52-44(29-17-34(61)19-35(62)18-29)51-43(67-52)24-40-48-45-38(20-36(63)22-41(45)66-54(48)27-5-13-32(59)14-6-27)47-46-39(49-50(40)56(51)68-55(49)28-7-15-33(60)16-8-28)21-37(64)23-42(46)65-53(47)26-3-11-31(58)12-4-26/h1-24,44,47-49,52-55,57-64H/t44-,47+,48+,49-,52+,53-,54+,55-/m0/s1. The molecule has 13 rings (SSSR count). The molecular weight excluding hydrogens is 865 g/mol. The highest BCUT2D eigenvalue weighted by Gasteiger charge is 2.55. The van der Waals surface area contributed by atoms with E-state index in [-0.39, 0.29) is 46.0 Å². The minimum atomic E-state index is -0.801. The van der Waals surface area contributed by atoms with Crippen molar-refractivity contribution in [2.75, 3.05) is 0 Å². The maximum absolute atomic E-state index is 11.8. The zero-order valence-electron chi connectivity index (χ0n) is 35.7. The van der Waals surface area contributed by atoms with Gasteiger partial charge in [-0.3, -0.25) is 0 Å². The van der Waals surface area contributed by atoms with E-state index >= 15 is 0 Å². The molecule has 12 nitrogen and oxygen atoms in total. The third-order valence-corrected chi connectivity index (χ3v) is 14.3. The zero-order chi connectivity index (χ0) is 46.3. The van der Waals surface area contributed by atoms with Gasteiger partial charge < -0.3 is 59.8 Å². The van der Waals surface area contributed by atoms with Crippen LogP contribution < -0.4 is 18.9 Å². The van der Waals surface area contributed by atoms with Crippen LogP contribution in [-0.4, -0.2) is 40.9 Å². The van der Waals surface area contributed by atoms with Crippen molar-refractivity contribution in [2.45, 2.75) is 48.1 Å². The van der Waals surface area contributed by atoms with Crippen LogP contribution in [0.2, 0.25) is 0 Å². The smallest absolute Gasteiger partial charge is 0.135 e. The minimum Gasteiger partial charge on any atom is -0.508 e. The first-order valence-electron chi connectivity index (χ1n) is 22.2. The van der Waals surface area contributed by atoms with E-state index in [1.54, 1.807) is 121 Å². The van der Waals surface area contributed by atoms with E-state index in [2.05, 4.69) is 0 Å². The van der Waals surface area contributed by atoms with Crippen molar-refractivity contribution in [3.05, 3.63) is 212 Å². The van der Waals surface area contributed by atoms with E-state index < -0.39 is 48.1 Å². The van der Waals surface area contributed by atoms with Crippen molar-refractivity contribution in [3.8, 4) is 69.0 Å². The van der Waals surface area contributed by atoms with Gasteiger partial charge in [0.25, 0.3) is 0 Å². The van der Waals surface area contributed by atoms with Crippen LogP contribution in [0.15, 0.2) is 146 Å². The van der Waals surface area contributed by atoms with Gasteiger partial charge in [-0.25, -0.2) is 0 Å². The van der Waals surface area contributed by atoms with Crippen LogP contribution in [0.1, 0.15) is 115 Å². The Morgan fingerprint density at radius 1 is 0.250 bits per heavy atom. The van der Waals surface area contributed by atoms with E-state index in [1.165, 1.54) is 6.07 Å². The minimum absolute atomic E-state index is 0.0394. The van der Waals surface area contributed by atoms with Crippen molar-refractivity contribution in [1.29, 1.82) is 0 Å². The fourth-order valence-electron chi connectivity index (χ4n) is 11.6. The van der Waals surface area contributed by atoms with E-state index in [0.29, 0.717) is 56.4 Å². The second-order valence-corrected chi connectivity index (χ2v) is 18.2. The molecule has 0 radical (unpaired) electrons. The molecule has 0 amide bonds. The topological polar surface area (TPSA) is 199 Å². The first-order chi connectivity index (χ1) is 32.9. The lowest BCUT2D eigenvalue weighted by Gasteiger charge is -2.26. The van der Waals surface area contributed by atoms with Crippen molar-refractivity contribution in [1.82, 2.24) is 0 Å². The van der Waals surface area contributed by atoms with Crippen LogP contribution in [-0.2, 0) is 0 Å². The van der Waals surface area contributed by atoms with Gasteiger partial charge in [0.15, 0.2) is 0 Å². The number of hydrogen-bond donors (Lipinski definition) is 8. The molecule has 8 N–H and O–H groups in total. The van der Waals surface area contributed by atoms with E-state index in [9.17, 15) is 40.9 Å². The van der Waals surface area contributed by atoms with Crippen LogP contribution in [0.3, 0.4) is 0 Å². The fourth-order valence-corrected chi connectivity index (χ4v) is 11.6. The van der Waals surface area contributed by atoms with Gasteiger partial charge in [-0.15, -0.1) is 0 Å². The molecule has 5 aliphatic rings. The average molecular weight is 905 g/mol. The number of phenols is 8. The van der Waals surface area contributed by atoms with Gasteiger partial charge in [-0.1, -0.05) is 48.5 Å². The Labute approximate surface area is 388 Å².